The van der Waals surface area contributed by atoms with Crippen molar-refractivity contribution in [1.29, 1.82) is 0 Å². The molecule has 1 aliphatic rings. The third kappa shape index (κ3) is 5.16. The van der Waals surface area contributed by atoms with E-state index < -0.39 is 11.4 Å². The Morgan fingerprint density at radius 3 is 2.73 bits per heavy atom. The summed E-state index contributed by atoms with van der Waals surface area (Å²) < 4.78 is 18.9. The molecule has 5 nitrogen and oxygen atoms in total. The molecular formula is C27H29FN2O3. The van der Waals surface area contributed by atoms with E-state index in [1.54, 1.807) is 12.1 Å². The second-order valence-corrected chi connectivity index (χ2v) is 8.83. The maximum Gasteiger partial charge on any atom is 0.220 e. The molecule has 3 aromatic rings. The zero-order chi connectivity index (χ0) is 23.4. The van der Waals surface area contributed by atoms with E-state index in [-0.39, 0.29) is 30.0 Å². The number of rotatable bonds is 8. The topological polar surface area (TPSA) is 67.4 Å². The van der Waals surface area contributed by atoms with Crippen LogP contribution in [0.5, 0.6) is 5.75 Å². The van der Waals surface area contributed by atoms with E-state index in [4.69, 9.17) is 4.74 Å². The highest BCUT2D eigenvalue weighted by atomic mass is 19.1. The minimum Gasteiger partial charge on any atom is -0.494 e. The van der Waals surface area contributed by atoms with E-state index in [0.29, 0.717) is 25.7 Å². The van der Waals surface area contributed by atoms with E-state index >= 15 is 0 Å². The van der Waals surface area contributed by atoms with Crippen LogP contribution in [0, 0.1) is 5.82 Å². The first-order valence-corrected chi connectivity index (χ1v) is 11.3. The van der Waals surface area contributed by atoms with Crippen molar-refractivity contribution >= 4 is 22.6 Å². The van der Waals surface area contributed by atoms with Crippen molar-refractivity contribution in [2.24, 2.45) is 0 Å². The van der Waals surface area contributed by atoms with Crippen molar-refractivity contribution in [3.05, 3.63) is 77.6 Å². The second-order valence-electron chi connectivity index (χ2n) is 8.83. The average molecular weight is 449 g/mol. The van der Waals surface area contributed by atoms with Gasteiger partial charge in [0.15, 0.2) is 11.6 Å². The number of carbonyl (C=O) groups excluding carboxylic acids is 2. The van der Waals surface area contributed by atoms with E-state index in [9.17, 15) is 14.0 Å². The van der Waals surface area contributed by atoms with Crippen molar-refractivity contribution in [2.75, 3.05) is 7.11 Å². The SMILES string of the molecule is COc1cc(C[C@@]2(CCC(=O)N[C@@H](C)c3cccc4ccccc34)CCC(=O)N2)ccc1F. The van der Waals surface area contributed by atoms with Crippen molar-refractivity contribution < 1.29 is 18.7 Å². The molecule has 0 radical (unpaired) electrons. The number of ether oxygens (including phenoxy) is 1. The lowest BCUT2D eigenvalue weighted by Gasteiger charge is -2.30. The molecule has 1 heterocycles. The van der Waals surface area contributed by atoms with E-state index in [1.807, 2.05) is 31.2 Å². The zero-order valence-corrected chi connectivity index (χ0v) is 19.0. The maximum absolute atomic E-state index is 13.8. The summed E-state index contributed by atoms with van der Waals surface area (Å²) in [5.41, 5.74) is 1.41. The van der Waals surface area contributed by atoms with Gasteiger partial charge in [-0.3, -0.25) is 9.59 Å². The van der Waals surface area contributed by atoms with E-state index in [2.05, 4.69) is 28.8 Å². The molecule has 2 N–H and O–H groups in total. The normalized spacial score (nSPS) is 18.7. The smallest absolute Gasteiger partial charge is 0.220 e. The van der Waals surface area contributed by atoms with Gasteiger partial charge in [0.1, 0.15) is 0 Å². The summed E-state index contributed by atoms with van der Waals surface area (Å²) >= 11 is 0. The summed E-state index contributed by atoms with van der Waals surface area (Å²) in [5, 5.41) is 8.45. The van der Waals surface area contributed by atoms with Crippen LogP contribution < -0.4 is 15.4 Å². The van der Waals surface area contributed by atoms with Gasteiger partial charge in [0, 0.05) is 18.4 Å². The van der Waals surface area contributed by atoms with Gasteiger partial charge in [0.2, 0.25) is 11.8 Å². The van der Waals surface area contributed by atoms with Crippen LogP contribution in [0.15, 0.2) is 60.7 Å². The Kier molecular flexibility index (Phi) is 6.63. The molecule has 0 bridgehead atoms. The number of benzene rings is 3. The van der Waals surface area contributed by atoms with E-state index in [0.717, 1.165) is 21.9 Å². The standard InChI is InChI=1S/C27H29FN2O3/c1-18(21-9-5-7-20-6-3-4-8-22(20)21)29-25(31)12-14-27(15-13-26(32)30-27)17-19-10-11-23(28)24(16-19)33-2/h3-11,16,18H,12-15,17H2,1-2H3,(H,29,31)(H,30,32)/t18-,27+/m0/s1. The van der Waals surface area contributed by atoms with Gasteiger partial charge in [-0.05, 0) is 60.2 Å². The fourth-order valence-corrected chi connectivity index (χ4v) is 4.76. The lowest BCUT2D eigenvalue weighted by Crippen LogP contribution is -2.44. The summed E-state index contributed by atoms with van der Waals surface area (Å²) in [6.45, 7) is 1.98. The molecule has 3 aromatic carbocycles. The van der Waals surface area contributed by atoms with Crippen molar-refractivity contribution in [3.63, 3.8) is 0 Å². The van der Waals surface area contributed by atoms with Crippen LogP contribution in [0.25, 0.3) is 10.8 Å². The molecule has 1 fully saturated rings. The number of hydrogen-bond acceptors (Lipinski definition) is 3. The Labute approximate surface area is 193 Å². The molecule has 4 rings (SSSR count). The second kappa shape index (κ2) is 9.61. The summed E-state index contributed by atoms with van der Waals surface area (Å²) in [4.78, 5) is 24.9. The minimum atomic E-state index is -0.528. The Hall–Kier alpha value is -3.41. The van der Waals surface area contributed by atoms with Gasteiger partial charge >= 0.3 is 0 Å². The lowest BCUT2D eigenvalue weighted by atomic mass is 9.84. The van der Waals surface area contributed by atoms with E-state index in [1.165, 1.54) is 13.2 Å². The average Bonchev–Trinajstić information content (AvgIpc) is 3.19. The maximum atomic E-state index is 13.8. The molecule has 2 amide bonds. The summed E-state index contributed by atoms with van der Waals surface area (Å²) in [6, 6.07) is 18.8. The number of fused-ring (bicyclic) bond motifs is 1. The van der Waals surface area contributed by atoms with Crippen LogP contribution in [-0.2, 0) is 16.0 Å². The monoisotopic (exact) mass is 448 g/mol. The largest absolute Gasteiger partial charge is 0.494 e. The predicted octanol–water partition coefficient (Wildman–Crippen LogP) is 4.84. The van der Waals surface area contributed by atoms with Crippen LogP contribution in [0.1, 0.15) is 49.8 Å². The van der Waals surface area contributed by atoms with Gasteiger partial charge < -0.3 is 15.4 Å². The third-order valence-electron chi connectivity index (χ3n) is 6.49. The molecule has 1 aliphatic heterocycles. The van der Waals surface area contributed by atoms with Crippen LogP contribution in [0.4, 0.5) is 4.39 Å². The van der Waals surface area contributed by atoms with Gasteiger partial charge in [0.25, 0.3) is 0 Å². The minimum absolute atomic E-state index is 0.0198. The Morgan fingerprint density at radius 2 is 1.97 bits per heavy atom. The molecule has 0 aromatic heterocycles. The van der Waals surface area contributed by atoms with Crippen molar-refractivity contribution in [2.45, 2.75) is 50.6 Å². The fourth-order valence-electron chi connectivity index (χ4n) is 4.76. The summed E-state index contributed by atoms with van der Waals surface area (Å²) in [7, 11) is 1.43. The van der Waals surface area contributed by atoms with Gasteiger partial charge in [0.05, 0.1) is 13.2 Å². The molecule has 0 aliphatic carbocycles. The van der Waals surface area contributed by atoms with Crippen LogP contribution in [-0.4, -0.2) is 24.5 Å². The first-order valence-electron chi connectivity index (χ1n) is 11.3. The van der Waals surface area contributed by atoms with Crippen LogP contribution >= 0.6 is 0 Å². The number of carbonyl (C=O) groups is 2. The first kappa shape index (κ1) is 22.8. The van der Waals surface area contributed by atoms with Gasteiger partial charge in [-0.15, -0.1) is 0 Å². The molecule has 0 unspecified atom stereocenters. The highest BCUT2D eigenvalue weighted by molar-refractivity contribution is 5.87. The number of methoxy groups -OCH3 is 1. The molecule has 33 heavy (non-hydrogen) atoms. The molecule has 2 atom stereocenters. The lowest BCUT2D eigenvalue weighted by molar-refractivity contribution is -0.123. The Bertz CT molecular complexity index is 1170. The number of nitrogens with one attached hydrogen (secondary N) is 2. The third-order valence-corrected chi connectivity index (χ3v) is 6.49. The Balaban J connectivity index is 1.44. The predicted molar refractivity (Wildman–Crippen MR) is 127 cm³/mol. The van der Waals surface area contributed by atoms with Crippen LogP contribution in [0.3, 0.4) is 0 Å². The molecule has 6 heteroatoms. The van der Waals surface area contributed by atoms with Crippen LogP contribution in [0.2, 0.25) is 0 Å². The van der Waals surface area contributed by atoms with Gasteiger partial charge in [-0.25, -0.2) is 4.39 Å². The quantitative estimate of drug-likeness (QED) is 0.518. The Morgan fingerprint density at radius 1 is 1.18 bits per heavy atom. The molecule has 0 spiro atoms. The molecule has 1 saturated heterocycles. The van der Waals surface area contributed by atoms with Crippen molar-refractivity contribution in [3.8, 4) is 5.75 Å². The molecular weight excluding hydrogens is 419 g/mol. The van der Waals surface area contributed by atoms with Gasteiger partial charge in [-0.1, -0.05) is 48.5 Å². The highest BCUT2D eigenvalue weighted by Crippen LogP contribution is 2.31. The molecule has 172 valence electrons. The van der Waals surface area contributed by atoms with Crippen molar-refractivity contribution in [1.82, 2.24) is 10.6 Å². The number of hydrogen-bond donors (Lipinski definition) is 2. The number of amides is 2. The fraction of sp³-hybridized carbons (Fsp3) is 0.333. The zero-order valence-electron chi connectivity index (χ0n) is 19.0. The summed E-state index contributed by atoms with van der Waals surface area (Å²) in [6.07, 6.45) is 2.37. The summed E-state index contributed by atoms with van der Waals surface area (Å²) in [5.74, 6) is -0.331. The first-order chi connectivity index (χ1) is 15.9. The number of halogens is 1. The van der Waals surface area contributed by atoms with Gasteiger partial charge in [-0.2, -0.15) is 0 Å². The highest BCUT2D eigenvalue weighted by Gasteiger charge is 2.38. The molecule has 0 saturated carbocycles.